The van der Waals surface area contributed by atoms with Gasteiger partial charge in [-0.05, 0) is 62.4 Å². The third-order valence-corrected chi connectivity index (χ3v) is 3.80. The first-order valence-corrected chi connectivity index (χ1v) is 8.28. The SMILES string of the molecule is CC(=O)c1ccc(OCC(=O)Nc2cc(C)nn2-c2ccc(F)cc2)cc1. The highest BCUT2D eigenvalue weighted by Gasteiger charge is 2.12. The van der Waals surface area contributed by atoms with Crippen molar-refractivity contribution in [3.8, 4) is 11.4 Å². The molecule has 27 heavy (non-hydrogen) atoms. The van der Waals surface area contributed by atoms with Gasteiger partial charge in [-0.25, -0.2) is 9.07 Å². The Morgan fingerprint density at radius 2 is 1.78 bits per heavy atom. The van der Waals surface area contributed by atoms with Crippen LogP contribution in [0, 0.1) is 12.7 Å². The summed E-state index contributed by atoms with van der Waals surface area (Å²) in [7, 11) is 0. The van der Waals surface area contributed by atoms with Crippen LogP contribution in [-0.2, 0) is 4.79 Å². The Balaban J connectivity index is 1.66. The molecule has 0 spiro atoms. The largest absolute Gasteiger partial charge is 0.484 e. The van der Waals surface area contributed by atoms with Crippen LogP contribution in [0.5, 0.6) is 5.75 Å². The summed E-state index contributed by atoms with van der Waals surface area (Å²) >= 11 is 0. The average Bonchev–Trinajstić information content (AvgIpc) is 3.01. The molecule has 138 valence electrons. The molecule has 1 aromatic heterocycles. The van der Waals surface area contributed by atoms with Gasteiger partial charge in [-0.3, -0.25) is 9.59 Å². The third kappa shape index (κ3) is 4.58. The monoisotopic (exact) mass is 367 g/mol. The van der Waals surface area contributed by atoms with Gasteiger partial charge >= 0.3 is 0 Å². The lowest BCUT2D eigenvalue weighted by atomic mass is 10.1. The Kier molecular flexibility index (Phi) is 5.30. The van der Waals surface area contributed by atoms with Crippen molar-refractivity contribution in [3.05, 3.63) is 71.7 Å². The number of ketones is 1. The standard InChI is InChI=1S/C20H18FN3O3/c1-13-11-19(24(23-13)17-7-5-16(21)6-8-17)22-20(26)12-27-18-9-3-15(4-10-18)14(2)25/h3-11H,12H2,1-2H3,(H,22,26). The number of Topliss-reactive ketones (excluding diaryl/α,β-unsaturated/α-hetero) is 1. The normalized spacial score (nSPS) is 10.5. The van der Waals surface area contributed by atoms with E-state index in [0.717, 1.165) is 0 Å². The number of aromatic nitrogens is 2. The molecule has 0 unspecified atom stereocenters. The van der Waals surface area contributed by atoms with Crippen molar-refractivity contribution < 1.29 is 18.7 Å². The Morgan fingerprint density at radius 3 is 2.41 bits per heavy atom. The fraction of sp³-hybridized carbons (Fsp3) is 0.150. The molecule has 0 aliphatic carbocycles. The van der Waals surface area contributed by atoms with E-state index in [2.05, 4.69) is 10.4 Å². The minimum atomic E-state index is -0.367. The second-order valence-corrected chi connectivity index (χ2v) is 5.98. The Labute approximate surface area is 155 Å². The molecule has 0 radical (unpaired) electrons. The molecule has 0 bridgehead atoms. The summed E-state index contributed by atoms with van der Waals surface area (Å²) in [6.45, 7) is 3.07. The molecule has 1 N–H and O–H groups in total. The molecule has 6 nitrogen and oxygen atoms in total. The second kappa shape index (κ2) is 7.82. The van der Waals surface area contributed by atoms with Gasteiger partial charge in [0.2, 0.25) is 0 Å². The number of nitrogens with one attached hydrogen (secondary N) is 1. The quantitative estimate of drug-likeness (QED) is 0.677. The summed E-state index contributed by atoms with van der Waals surface area (Å²) in [5.74, 6) is 0.188. The van der Waals surface area contributed by atoms with Gasteiger partial charge in [-0.1, -0.05) is 0 Å². The maximum absolute atomic E-state index is 13.1. The van der Waals surface area contributed by atoms with Gasteiger partial charge < -0.3 is 10.1 Å². The van der Waals surface area contributed by atoms with Crippen LogP contribution in [0.4, 0.5) is 10.2 Å². The molecule has 0 atom stereocenters. The molecule has 3 aromatic rings. The zero-order valence-corrected chi connectivity index (χ0v) is 14.9. The Hall–Kier alpha value is -3.48. The van der Waals surface area contributed by atoms with E-state index in [1.165, 1.54) is 23.7 Å². The van der Waals surface area contributed by atoms with Crippen LogP contribution in [0.25, 0.3) is 5.69 Å². The van der Waals surface area contributed by atoms with Gasteiger partial charge in [-0.15, -0.1) is 0 Å². The zero-order valence-electron chi connectivity index (χ0n) is 14.9. The number of benzene rings is 2. The van der Waals surface area contributed by atoms with E-state index in [4.69, 9.17) is 4.74 Å². The van der Waals surface area contributed by atoms with Crippen LogP contribution in [0.1, 0.15) is 23.0 Å². The summed E-state index contributed by atoms with van der Waals surface area (Å²) in [4.78, 5) is 23.5. The summed E-state index contributed by atoms with van der Waals surface area (Å²) in [5, 5.41) is 7.05. The minimum absolute atomic E-state index is 0.0382. The number of hydrogen-bond acceptors (Lipinski definition) is 4. The maximum atomic E-state index is 13.1. The van der Waals surface area contributed by atoms with Gasteiger partial charge in [0.25, 0.3) is 5.91 Å². The van der Waals surface area contributed by atoms with E-state index in [-0.39, 0.29) is 24.1 Å². The molecule has 1 heterocycles. The number of anilines is 1. The molecule has 0 fully saturated rings. The van der Waals surface area contributed by atoms with Gasteiger partial charge in [-0.2, -0.15) is 5.10 Å². The van der Waals surface area contributed by atoms with Crippen LogP contribution in [0.3, 0.4) is 0 Å². The van der Waals surface area contributed by atoms with Crippen LogP contribution in [0.15, 0.2) is 54.6 Å². The number of ether oxygens (including phenoxy) is 1. The van der Waals surface area contributed by atoms with Gasteiger partial charge in [0.1, 0.15) is 17.4 Å². The fourth-order valence-corrected chi connectivity index (χ4v) is 2.48. The predicted molar refractivity (Wildman–Crippen MR) is 98.8 cm³/mol. The minimum Gasteiger partial charge on any atom is -0.484 e. The number of amides is 1. The molecule has 7 heteroatoms. The van der Waals surface area contributed by atoms with Crippen molar-refractivity contribution in [2.45, 2.75) is 13.8 Å². The number of hydrogen-bond donors (Lipinski definition) is 1. The molecular formula is C20H18FN3O3. The second-order valence-electron chi connectivity index (χ2n) is 5.98. The van der Waals surface area contributed by atoms with Crippen molar-refractivity contribution in [1.29, 1.82) is 0 Å². The Bertz CT molecular complexity index is 963. The number of halogens is 1. The van der Waals surface area contributed by atoms with E-state index in [1.807, 2.05) is 0 Å². The lowest BCUT2D eigenvalue weighted by Gasteiger charge is -2.10. The van der Waals surface area contributed by atoms with Crippen molar-refractivity contribution >= 4 is 17.5 Å². The molecule has 0 aliphatic heterocycles. The number of aryl methyl sites for hydroxylation is 1. The van der Waals surface area contributed by atoms with E-state index in [1.54, 1.807) is 49.4 Å². The molecule has 0 saturated heterocycles. The van der Waals surface area contributed by atoms with Crippen LogP contribution >= 0.6 is 0 Å². The van der Waals surface area contributed by atoms with E-state index in [0.29, 0.717) is 28.5 Å². The number of rotatable bonds is 6. The molecule has 1 amide bonds. The molecule has 0 saturated carbocycles. The lowest BCUT2D eigenvalue weighted by Crippen LogP contribution is -2.21. The summed E-state index contributed by atoms with van der Waals surface area (Å²) in [5.41, 5.74) is 1.90. The van der Waals surface area contributed by atoms with Crippen molar-refractivity contribution in [3.63, 3.8) is 0 Å². The average molecular weight is 367 g/mol. The van der Waals surface area contributed by atoms with Crippen LogP contribution < -0.4 is 10.1 Å². The Morgan fingerprint density at radius 1 is 1.11 bits per heavy atom. The van der Waals surface area contributed by atoms with Crippen molar-refractivity contribution in [1.82, 2.24) is 9.78 Å². The van der Waals surface area contributed by atoms with Gasteiger partial charge in [0.15, 0.2) is 12.4 Å². The van der Waals surface area contributed by atoms with Crippen molar-refractivity contribution in [2.24, 2.45) is 0 Å². The van der Waals surface area contributed by atoms with Crippen LogP contribution in [0.2, 0.25) is 0 Å². The highest BCUT2D eigenvalue weighted by atomic mass is 19.1. The lowest BCUT2D eigenvalue weighted by molar-refractivity contribution is -0.118. The fourth-order valence-electron chi connectivity index (χ4n) is 2.48. The van der Waals surface area contributed by atoms with Gasteiger partial charge in [0.05, 0.1) is 11.4 Å². The predicted octanol–water partition coefficient (Wildman–Crippen LogP) is 3.54. The van der Waals surface area contributed by atoms with Gasteiger partial charge in [0, 0.05) is 11.6 Å². The molecule has 2 aromatic carbocycles. The number of carbonyl (C=O) groups is 2. The maximum Gasteiger partial charge on any atom is 0.263 e. The first kappa shape index (κ1) is 18.3. The molecule has 0 aliphatic rings. The van der Waals surface area contributed by atoms with E-state index < -0.39 is 0 Å². The smallest absolute Gasteiger partial charge is 0.263 e. The van der Waals surface area contributed by atoms with E-state index in [9.17, 15) is 14.0 Å². The summed E-state index contributed by atoms with van der Waals surface area (Å²) in [6, 6.07) is 14.1. The van der Waals surface area contributed by atoms with E-state index >= 15 is 0 Å². The first-order chi connectivity index (χ1) is 12.9. The first-order valence-electron chi connectivity index (χ1n) is 8.28. The molecular weight excluding hydrogens is 349 g/mol. The zero-order chi connectivity index (χ0) is 19.4. The highest BCUT2D eigenvalue weighted by molar-refractivity contribution is 5.94. The van der Waals surface area contributed by atoms with Crippen LogP contribution in [-0.4, -0.2) is 28.1 Å². The van der Waals surface area contributed by atoms with Crippen molar-refractivity contribution in [2.75, 3.05) is 11.9 Å². The highest BCUT2D eigenvalue weighted by Crippen LogP contribution is 2.18. The summed E-state index contributed by atoms with van der Waals surface area (Å²) < 4.78 is 20.1. The summed E-state index contributed by atoms with van der Waals surface area (Å²) in [6.07, 6.45) is 0. The molecule has 3 rings (SSSR count). The number of nitrogens with zero attached hydrogens (tertiary/aromatic N) is 2. The third-order valence-electron chi connectivity index (χ3n) is 3.80. The topological polar surface area (TPSA) is 73.2 Å². The number of carbonyl (C=O) groups excluding carboxylic acids is 2.